The highest BCUT2D eigenvalue weighted by atomic mass is 79.9. The molecule has 0 fully saturated rings. The number of furan rings is 1. The predicted octanol–water partition coefficient (Wildman–Crippen LogP) is 3.48. The number of hydrogen-bond donors (Lipinski definition) is 2. The number of carboxylic acids is 1. The lowest BCUT2D eigenvalue weighted by molar-refractivity contribution is 0.0655. The van der Waals surface area contributed by atoms with Crippen LogP contribution in [0.2, 0.25) is 5.02 Å². The number of aromatic carboxylic acids is 1. The fraction of sp³-hybridized carbons (Fsp3) is 0.0833. The first-order valence-corrected chi connectivity index (χ1v) is 6.12. The fourth-order valence-corrected chi connectivity index (χ4v) is 1.90. The van der Waals surface area contributed by atoms with Gasteiger partial charge in [0.2, 0.25) is 5.76 Å². The summed E-state index contributed by atoms with van der Waals surface area (Å²) in [5.41, 5.74) is 0.523. The van der Waals surface area contributed by atoms with Crippen LogP contribution < -0.4 is 0 Å². The maximum Gasteiger partial charge on any atom is 0.371 e. The second-order valence-electron chi connectivity index (χ2n) is 3.58. The van der Waals surface area contributed by atoms with Gasteiger partial charge in [0.25, 0.3) is 0 Å². The highest BCUT2D eigenvalue weighted by Gasteiger charge is 2.18. The molecule has 0 aliphatic carbocycles. The van der Waals surface area contributed by atoms with E-state index in [1.807, 2.05) is 0 Å². The van der Waals surface area contributed by atoms with Crippen LogP contribution in [0.25, 0.3) is 0 Å². The average Bonchev–Trinajstić information content (AvgIpc) is 2.81. The third-order valence-corrected chi connectivity index (χ3v) is 3.60. The molecule has 4 nitrogen and oxygen atoms in total. The Bertz CT molecular complexity index is 594. The summed E-state index contributed by atoms with van der Waals surface area (Å²) in [5, 5.41) is 19.2. The van der Waals surface area contributed by atoms with Gasteiger partial charge in [0.05, 0.1) is 5.02 Å². The molecule has 0 saturated heterocycles. The summed E-state index contributed by atoms with van der Waals surface area (Å²) in [6.45, 7) is 0. The van der Waals surface area contributed by atoms with E-state index in [4.69, 9.17) is 21.1 Å². The maximum absolute atomic E-state index is 10.7. The zero-order valence-electron chi connectivity index (χ0n) is 8.93. The van der Waals surface area contributed by atoms with Crippen LogP contribution in [-0.2, 0) is 0 Å². The molecule has 0 saturated carbocycles. The minimum Gasteiger partial charge on any atom is -0.475 e. The van der Waals surface area contributed by atoms with E-state index in [1.165, 1.54) is 12.1 Å². The van der Waals surface area contributed by atoms with Crippen LogP contribution in [0.5, 0.6) is 0 Å². The Hall–Kier alpha value is -1.30. The minimum absolute atomic E-state index is 0.158. The summed E-state index contributed by atoms with van der Waals surface area (Å²) in [6.07, 6.45) is -1.05. The van der Waals surface area contributed by atoms with Crippen molar-refractivity contribution in [3.63, 3.8) is 0 Å². The summed E-state index contributed by atoms with van der Waals surface area (Å²) in [6, 6.07) is 7.66. The third kappa shape index (κ3) is 2.58. The second-order valence-corrected chi connectivity index (χ2v) is 4.84. The van der Waals surface area contributed by atoms with Gasteiger partial charge in [-0.1, -0.05) is 17.7 Å². The minimum atomic E-state index is -1.18. The molecule has 0 bridgehead atoms. The van der Waals surface area contributed by atoms with Gasteiger partial charge in [0.15, 0.2) is 0 Å². The Balaban J connectivity index is 2.31. The number of benzene rings is 1. The Labute approximate surface area is 116 Å². The van der Waals surface area contributed by atoms with Crippen LogP contribution in [0.15, 0.2) is 39.2 Å². The lowest BCUT2D eigenvalue weighted by atomic mass is 10.1. The van der Waals surface area contributed by atoms with E-state index < -0.39 is 12.1 Å². The van der Waals surface area contributed by atoms with Crippen LogP contribution >= 0.6 is 27.5 Å². The van der Waals surface area contributed by atoms with Gasteiger partial charge in [0, 0.05) is 4.47 Å². The molecule has 0 aliphatic rings. The number of aliphatic hydroxyl groups is 1. The lowest BCUT2D eigenvalue weighted by Gasteiger charge is -2.09. The van der Waals surface area contributed by atoms with Gasteiger partial charge in [0.1, 0.15) is 11.9 Å². The molecule has 2 N–H and O–H groups in total. The molecule has 2 aromatic rings. The first kappa shape index (κ1) is 13.1. The van der Waals surface area contributed by atoms with Crippen molar-refractivity contribution in [2.24, 2.45) is 0 Å². The number of carbonyl (C=O) groups is 1. The first-order valence-electron chi connectivity index (χ1n) is 4.95. The molecule has 0 aliphatic heterocycles. The van der Waals surface area contributed by atoms with Crippen molar-refractivity contribution in [3.8, 4) is 0 Å². The van der Waals surface area contributed by atoms with Crippen molar-refractivity contribution >= 4 is 33.5 Å². The van der Waals surface area contributed by atoms with Crippen LogP contribution in [0.1, 0.15) is 28.0 Å². The van der Waals surface area contributed by atoms with Crippen molar-refractivity contribution in [1.29, 1.82) is 0 Å². The molecule has 94 valence electrons. The van der Waals surface area contributed by atoms with E-state index in [1.54, 1.807) is 18.2 Å². The van der Waals surface area contributed by atoms with E-state index in [0.717, 1.165) is 0 Å². The Morgan fingerprint density at radius 1 is 1.33 bits per heavy atom. The lowest BCUT2D eigenvalue weighted by Crippen LogP contribution is -1.98. The van der Waals surface area contributed by atoms with Crippen molar-refractivity contribution in [2.75, 3.05) is 0 Å². The predicted molar refractivity (Wildman–Crippen MR) is 68.9 cm³/mol. The topological polar surface area (TPSA) is 70.7 Å². The van der Waals surface area contributed by atoms with Crippen LogP contribution in [0.4, 0.5) is 0 Å². The zero-order chi connectivity index (χ0) is 13.3. The van der Waals surface area contributed by atoms with Gasteiger partial charge in [-0.05, 0) is 45.8 Å². The summed E-state index contributed by atoms with van der Waals surface area (Å²) in [4.78, 5) is 10.7. The van der Waals surface area contributed by atoms with Crippen LogP contribution in [0.3, 0.4) is 0 Å². The standard InChI is InChI=1S/C12H8BrClO4/c13-7-2-1-6(5-8(7)14)11(15)9-3-4-10(18-9)12(16)17/h1-5,11,15H,(H,16,17). The maximum atomic E-state index is 10.7. The van der Waals surface area contributed by atoms with Gasteiger partial charge in [-0.25, -0.2) is 4.79 Å². The molecule has 1 atom stereocenters. The summed E-state index contributed by atoms with van der Waals surface area (Å²) < 4.78 is 5.74. The number of rotatable bonds is 3. The van der Waals surface area contributed by atoms with Gasteiger partial charge in [-0.3, -0.25) is 0 Å². The molecule has 6 heteroatoms. The largest absolute Gasteiger partial charge is 0.475 e. The fourth-order valence-electron chi connectivity index (χ4n) is 1.46. The highest BCUT2D eigenvalue weighted by molar-refractivity contribution is 9.10. The normalized spacial score (nSPS) is 12.4. The van der Waals surface area contributed by atoms with Gasteiger partial charge >= 0.3 is 5.97 Å². The molecule has 1 unspecified atom stereocenters. The number of carboxylic acid groups (broad SMARTS) is 1. The molecule has 1 heterocycles. The molecular weight excluding hydrogens is 323 g/mol. The van der Waals surface area contributed by atoms with Gasteiger partial charge in [-0.15, -0.1) is 0 Å². The van der Waals surface area contributed by atoms with E-state index in [0.29, 0.717) is 15.1 Å². The molecule has 0 amide bonds. The van der Waals surface area contributed by atoms with E-state index >= 15 is 0 Å². The highest BCUT2D eigenvalue weighted by Crippen LogP contribution is 2.29. The second kappa shape index (κ2) is 5.14. The van der Waals surface area contributed by atoms with E-state index in [2.05, 4.69) is 15.9 Å². The number of halogens is 2. The third-order valence-electron chi connectivity index (χ3n) is 2.37. The molecule has 0 spiro atoms. The van der Waals surface area contributed by atoms with Crippen LogP contribution in [0, 0.1) is 0 Å². The monoisotopic (exact) mass is 330 g/mol. The molecule has 18 heavy (non-hydrogen) atoms. The van der Waals surface area contributed by atoms with Crippen molar-refractivity contribution < 1.29 is 19.4 Å². The summed E-state index contributed by atoms with van der Waals surface area (Å²) in [7, 11) is 0. The Morgan fingerprint density at radius 2 is 2.06 bits per heavy atom. The molecular formula is C12H8BrClO4. The van der Waals surface area contributed by atoms with Crippen LogP contribution in [-0.4, -0.2) is 16.2 Å². The summed E-state index contributed by atoms with van der Waals surface area (Å²) >= 11 is 9.16. The number of aliphatic hydroxyl groups excluding tert-OH is 1. The Kier molecular flexibility index (Phi) is 3.75. The average molecular weight is 332 g/mol. The SMILES string of the molecule is O=C(O)c1ccc(C(O)c2ccc(Br)c(Cl)c2)o1. The Morgan fingerprint density at radius 3 is 2.61 bits per heavy atom. The molecule has 1 aromatic carbocycles. The molecule has 0 radical (unpaired) electrons. The van der Waals surface area contributed by atoms with E-state index in [9.17, 15) is 9.90 Å². The van der Waals surface area contributed by atoms with Gasteiger partial charge in [-0.2, -0.15) is 0 Å². The van der Waals surface area contributed by atoms with Gasteiger partial charge < -0.3 is 14.6 Å². The van der Waals surface area contributed by atoms with Crippen molar-refractivity contribution in [1.82, 2.24) is 0 Å². The number of hydrogen-bond acceptors (Lipinski definition) is 3. The molecule has 2 rings (SSSR count). The zero-order valence-corrected chi connectivity index (χ0v) is 11.3. The quantitative estimate of drug-likeness (QED) is 0.903. The van der Waals surface area contributed by atoms with Crippen molar-refractivity contribution in [3.05, 3.63) is 56.9 Å². The van der Waals surface area contributed by atoms with E-state index in [-0.39, 0.29) is 11.5 Å². The smallest absolute Gasteiger partial charge is 0.371 e. The summed E-state index contributed by atoms with van der Waals surface area (Å²) in [5.74, 6) is -1.24. The molecule has 1 aromatic heterocycles. The first-order chi connectivity index (χ1) is 8.49. The van der Waals surface area contributed by atoms with Crippen molar-refractivity contribution in [2.45, 2.75) is 6.10 Å².